The molecule has 0 aromatic heterocycles. The van der Waals surface area contributed by atoms with Crippen molar-refractivity contribution in [3.63, 3.8) is 0 Å². The molecule has 5 amide bonds. The van der Waals surface area contributed by atoms with Crippen LogP contribution in [0.3, 0.4) is 0 Å². The Kier molecular flexibility index (Phi) is 15.2. The molecule has 6 atom stereocenters. The van der Waals surface area contributed by atoms with Gasteiger partial charge >= 0.3 is 17.9 Å². The molecular weight excluding hydrogens is 588 g/mol. The zero-order valence-corrected chi connectivity index (χ0v) is 24.8. The molecule has 1 aliphatic heterocycles. The number of hydrogen-bond donors (Lipinski definition) is 9. The Labute approximate surface area is 253 Å². The third-order valence-corrected chi connectivity index (χ3v) is 6.72. The lowest BCUT2D eigenvalue weighted by Crippen LogP contribution is -2.59. The molecule has 1 aliphatic rings. The Morgan fingerprint density at radius 1 is 0.818 bits per heavy atom. The summed E-state index contributed by atoms with van der Waals surface area (Å²) in [5.74, 6) is -8.57. The molecule has 0 bridgehead atoms. The molecule has 0 aliphatic carbocycles. The van der Waals surface area contributed by atoms with E-state index < -0.39 is 103 Å². The molecule has 1 fully saturated rings. The van der Waals surface area contributed by atoms with E-state index in [0.717, 1.165) is 4.90 Å². The number of amides is 5. The number of carbonyl (C=O) groups is 8. The van der Waals surface area contributed by atoms with Gasteiger partial charge in [-0.15, -0.1) is 0 Å². The van der Waals surface area contributed by atoms with E-state index in [0.29, 0.717) is 6.42 Å². The predicted molar refractivity (Wildman–Crippen MR) is 149 cm³/mol. The maximum Gasteiger partial charge on any atom is 0.326 e. The van der Waals surface area contributed by atoms with Crippen LogP contribution in [0.2, 0.25) is 0 Å². The highest BCUT2D eigenvalue weighted by molar-refractivity contribution is 5.97. The van der Waals surface area contributed by atoms with Crippen molar-refractivity contribution in [3.05, 3.63) is 0 Å². The highest BCUT2D eigenvalue weighted by Gasteiger charge is 2.39. The molecule has 0 aromatic carbocycles. The number of nitrogens with two attached hydrogens (primary N) is 1. The molecule has 0 aromatic rings. The highest BCUT2D eigenvalue weighted by Crippen LogP contribution is 2.20. The van der Waals surface area contributed by atoms with Crippen LogP contribution in [-0.2, 0) is 38.4 Å². The molecular formula is C26H42N6O12. The fourth-order valence-corrected chi connectivity index (χ4v) is 4.41. The first kappa shape index (κ1) is 37.7. The minimum absolute atomic E-state index is 0.0636. The van der Waals surface area contributed by atoms with Crippen molar-refractivity contribution >= 4 is 47.4 Å². The van der Waals surface area contributed by atoms with Crippen LogP contribution in [-0.4, -0.2) is 122 Å². The van der Waals surface area contributed by atoms with Crippen LogP contribution in [0.5, 0.6) is 0 Å². The average Bonchev–Trinajstić information content (AvgIpc) is 3.43. The number of aliphatic hydroxyl groups excluding tert-OH is 1. The van der Waals surface area contributed by atoms with Crippen LogP contribution < -0.4 is 27.0 Å². The summed E-state index contributed by atoms with van der Waals surface area (Å²) in [4.78, 5) is 99.1. The monoisotopic (exact) mass is 630 g/mol. The second-order valence-electron chi connectivity index (χ2n) is 10.9. The summed E-state index contributed by atoms with van der Waals surface area (Å²) in [6, 6.07) is -8.06. The molecule has 0 saturated carbocycles. The van der Waals surface area contributed by atoms with Gasteiger partial charge in [-0.2, -0.15) is 0 Å². The van der Waals surface area contributed by atoms with Gasteiger partial charge in [0, 0.05) is 13.0 Å². The van der Waals surface area contributed by atoms with Crippen molar-refractivity contribution in [2.45, 2.75) is 95.5 Å². The third kappa shape index (κ3) is 12.1. The van der Waals surface area contributed by atoms with Gasteiger partial charge in [-0.05, 0) is 38.5 Å². The third-order valence-electron chi connectivity index (χ3n) is 6.72. The summed E-state index contributed by atoms with van der Waals surface area (Å²) in [6.45, 7) is 4.16. The number of nitrogens with zero attached hydrogens (tertiary/aromatic N) is 1. The van der Waals surface area contributed by atoms with Crippen LogP contribution in [0.15, 0.2) is 0 Å². The Morgan fingerprint density at radius 3 is 1.93 bits per heavy atom. The molecule has 0 spiro atoms. The standard InChI is InChI=1S/C26H42N6O12/c1-12(2)9-16(30-22(39)14(27)11-33)23(40)29-15(6-7-19(34)35)25(42)32-8-4-5-18(32)24(41)28-13(3)21(38)31-17(26(43)44)10-20(36)37/h12-18,33H,4-11,27H2,1-3H3,(H,28,41)(H,29,40)(H,30,39)(H,31,38)(H,34,35)(H,36,37)(H,43,44). The van der Waals surface area contributed by atoms with E-state index in [1.807, 2.05) is 5.32 Å². The van der Waals surface area contributed by atoms with Crippen molar-refractivity contribution in [2.75, 3.05) is 13.2 Å². The number of aliphatic hydroxyl groups is 1. The van der Waals surface area contributed by atoms with Gasteiger partial charge in [-0.1, -0.05) is 13.8 Å². The summed E-state index contributed by atoms with van der Waals surface area (Å²) < 4.78 is 0. The lowest BCUT2D eigenvalue weighted by atomic mass is 10.0. The molecule has 1 rings (SSSR count). The topological polar surface area (TPSA) is 295 Å². The normalized spacial score (nSPS) is 17.9. The molecule has 18 heteroatoms. The zero-order valence-electron chi connectivity index (χ0n) is 24.8. The Hall–Kier alpha value is -4.32. The van der Waals surface area contributed by atoms with Crippen LogP contribution in [0.25, 0.3) is 0 Å². The van der Waals surface area contributed by atoms with E-state index in [4.69, 9.17) is 21.1 Å². The summed E-state index contributed by atoms with van der Waals surface area (Å²) in [7, 11) is 0. The molecule has 18 nitrogen and oxygen atoms in total. The van der Waals surface area contributed by atoms with Crippen molar-refractivity contribution in [3.8, 4) is 0 Å². The number of carboxylic acids is 3. The van der Waals surface area contributed by atoms with Crippen molar-refractivity contribution in [1.82, 2.24) is 26.2 Å². The van der Waals surface area contributed by atoms with E-state index in [-0.39, 0.29) is 31.7 Å². The van der Waals surface area contributed by atoms with Crippen molar-refractivity contribution in [1.29, 1.82) is 0 Å². The predicted octanol–water partition coefficient (Wildman–Crippen LogP) is -3.27. The number of likely N-dealkylation sites (tertiary alicyclic amines) is 1. The SMILES string of the molecule is CC(C)CC(NC(=O)C(N)CO)C(=O)NC(CCC(=O)O)C(=O)N1CCCC1C(=O)NC(C)C(=O)NC(CC(=O)O)C(=O)O. The fraction of sp³-hybridized carbons (Fsp3) is 0.692. The van der Waals surface area contributed by atoms with Crippen molar-refractivity contribution in [2.24, 2.45) is 11.7 Å². The highest BCUT2D eigenvalue weighted by atomic mass is 16.4. The van der Waals surface area contributed by atoms with Crippen molar-refractivity contribution < 1.29 is 58.8 Å². The van der Waals surface area contributed by atoms with Gasteiger partial charge in [0.05, 0.1) is 13.0 Å². The number of carboxylic acid groups (broad SMARTS) is 3. The quantitative estimate of drug-likeness (QED) is 0.0719. The molecule has 1 heterocycles. The van der Waals surface area contributed by atoms with E-state index in [1.165, 1.54) is 6.92 Å². The molecule has 0 radical (unpaired) electrons. The van der Waals surface area contributed by atoms with Gasteiger partial charge in [0.25, 0.3) is 0 Å². The first-order chi connectivity index (χ1) is 20.5. The maximum absolute atomic E-state index is 13.6. The van der Waals surface area contributed by atoms with Gasteiger partial charge in [0.2, 0.25) is 29.5 Å². The van der Waals surface area contributed by atoms with E-state index in [2.05, 4.69) is 16.0 Å². The van der Waals surface area contributed by atoms with E-state index in [9.17, 15) is 43.5 Å². The second-order valence-corrected chi connectivity index (χ2v) is 10.9. The average molecular weight is 631 g/mol. The van der Waals surface area contributed by atoms with Gasteiger partial charge < -0.3 is 52.3 Å². The van der Waals surface area contributed by atoms with E-state index >= 15 is 0 Å². The van der Waals surface area contributed by atoms with Gasteiger partial charge in [-0.3, -0.25) is 33.6 Å². The summed E-state index contributed by atoms with van der Waals surface area (Å²) in [6.07, 6.45) is -1.12. The molecule has 6 unspecified atom stereocenters. The fourth-order valence-electron chi connectivity index (χ4n) is 4.41. The van der Waals surface area contributed by atoms with Gasteiger partial charge in [0.15, 0.2) is 0 Å². The van der Waals surface area contributed by atoms with Crippen LogP contribution in [0.4, 0.5) is 0 Å². The van der Waals surface area contributed by atoms with Crippen LogP contribution in [0.1, 0.15) is 59.3 Å². The van der Waals surface area contributed by atoms with Gasteiger partial charge in [0.1, 0.15) is 36.3 Å². The van der Waals surface area contributed by atoms with Crippen LogP contribution in [0, 0.1) is 5.92 Å². The lowest BCUT2D eigenvalue weighted by Gasteiger charge is -2.30. The smallest absolute Gasteiger partial charge is 0.326 e. The molecule has 1 saturated heterocycles. The summed E-state index contributed by atoms with van der Waals surface area (Å²) in [5, 5.41) is 45.6. The first-order valence-electron chi connectivity index (χ1n) is 14.0. The minimum Gasteiger partial charge on any atom is -0.481 e. The molecule has 10 N–H and O–H groups in total. The number of hydrogen-bond acceptors (Lipinski definition) is 10. The largest absolute Gasteiger partial charge is 0.481 e. The Balaban J connectivity index is 3.08. The maximum atomic E-state index is 13.6. The molecule has 248 valence electrons. The van der Waals surface area contributed by atoms with Crippen LogP contribution >= 0.6 is 0 Å². The number of carbonyl (C=O) groups excluding carboxylic acids is 5. The zero-order chi connectivity index (χ0) is 33.7. The lowest BCUT2D eigenvalue weighted by molar-refractivity contribution is -0.147. The second kappa shape index (κ2) is 17.7. The summed E-state index contributed by atoms with van der Waals surface area (Å²) >= 11 is 0. The minimum atomic E-state index is -1.74. The van der Waals surface area contributed by atoms with E-state index in [1.54, 1.807) is 13.8 Å². The Bertz CT molecular complexity index is 1100. The Morgan fingerprint density at radius 2 is 1.41 bits per heavy atom. The molecule has 44 heavy (non-hydrogen) atoms. The summed E-state index contributed by atoms with van der Waals surface area (Å²) in [5.41, 5.74) is 5.53. The number of nitrogens with one attached hydrogen (secondary N) is 4. The number of rotatable bonds is 18. The first-order valence-corrected chi connectivity index (χ1v) is 14.0. The number of aliphatic carboxylic acids is 3. The van der Waals surface area contributed by atoms with Gasteiger partial charge in [-0.25, -0.2) is 4.79 Å².